The van der Waals surface area contributed by atoms with Gasteiger partial charge >= 0.3 is 6.03 Å². The van der Waals surface area contributed by atoms with Crippen LogP contribution in [0.25, 0.3) is 0 Å². The Balaban J connectivity index is 1.63. The monoisotopic (exact) mass is 302 g/mol. The minimum atomic E-state index is -0.239. The molecule has 2 saturated heterocycles. The Morgan fingerprint density at radius 2 is 1.91 bits per heavy atom. The summed E-state index contributed by atoms with van der Waals surface area (Å²) in [7, 11) is 3.30. The Hall–Kier alpha value is -1.92. The van der Waals surface area contributed by atoms with Gasteiger partial charge in [-0.15, -0.1) is 0 Å². The average molecular weight is 302 g/mol. The molecule has 0 radical (unpaired) electrons. The normalized spacial score (nSPS) is 26.3. The highest BCUT2D eigenvalue weighted by atomic mass is 16.2. The lowest BCUT2D eigenvalue weighted by molar-refractivity contribution is -0.141. The molecule has 22 heavy (non-hydrogen) atoms. The zero-order valence-corrected chi connectivity index (χ0v) is 13.0. The van der Waals surface area contributed by atoms with Crippen molar-refractivity contribution >= 4 is 11.9 Å². The van der Waals surface area contributed by atoms with Crippen LogP contribution in [-0.4, -0.2) is 66.7 Å². The number of fused-ring (bicyclic) bond motifs is 1. The van der Waals surface area contributed by atoms with Gasteiger partial charge in [-0.1, -0.05) is 30.3 Å². The van der Waals surface area contributed by atoms with Crippen molar-refractivity contribution < 1.29 is 9.59 Å². The molecule has 1 aromatic rings. The molecule has 0 aliphatic carbocycles. The number of rotatable bonds is 3. The lowest BCUT2D eigenvalue weighted by Crippen LogP contribution is -2.69. The van der Waals surface area contributed by atoms with E-state index < -0.39 is 0 Å². The van der Waals surface area contributed by atoms with Crippen molar-refractivity contribution in [2.45, 2.75) is 12.6 Å². The summed E-state index contributed by atoms with van der Waals surface area (Å²) in [6.45, 7) is 2.28. The standard InChI is InChI=1S/C16H22N4O2/c1-18-14-13(15(21)19(2)16(18)22)10-20(11-17-14)9-8-12-6-4-3-5-7-12/h3-7,13-14,17H,8-11H2,1-2H3/t13-,14-/m0/s1. The molecule has 0 spiro atoms. The predicted molar refractivity (Wildman–Crippen MR) is 82.9 cm³/mol. The number of carbonyl (C=O) groups excluding carboxylic acids is 2. The third kappa shape index (κ3) is 2.71. The first kappa shape index (κ1) is 15.0. The molecule has 0 unspecified atom stereocenters. The van der Waals surface area contributed by atoms with Crippen LogP contribution in [0, 0.1) is 5.92 Å². The van der Waals surface area contributed by atoms with Crippen molar-refractivity contribution in [1.82, 2.24) is 20.0 Å². The summed E-state index contributed by atoms with van der Waals surface area (Å²) >= 11 is 0. The molecule has 6 heteroatoms. The molecule has 0 saturated carbocycles. The van der Waals surface area contributed by atoms with Crippen LogP contribution in [0.3, 0.4) is 0 Å². The van der Waals surface area contributed by atoms with Crippen molar-refractivity contribution in [3.05, 3.63) is 35.9 Å². The molecule has 2 aliphatic rings. The Kier molecular flexibility index (Phi) is 4.13. The topological polar surface area (TPSA) is 55.9 Å². The van der Waals surface area contributed by atoms with E-state index in [0.29, 0.717) is 13.2 Å². The first-order valence-electron chi connectivity index (χ1n) is 7.62. The summed E-state index contributed by atoms with van der Waals surface area (Å²) in [5, 5.41) is 3.32. The summed E-state index contributed by atoms with van der Waals surface area (Å²) in [5.74, 6) is -0.290. The van der Waals surface area contributed by atoms with E-state index in [1.165, 1.54) is 10.5 Å². The van der Waals surface area contributed by atoms with E-state index in [2.05, 4.69) is 22.3 Å². The van der Waals surface area contributed by atoms with E-state index in [0.717, 1.165) is 13.0 Å². The number of nitrogens with one attached hydrogen (secondary N) is 1. The molecule has 1 N–H and O–H groups in total. The zero-order valence-electron chi connectivity index (χ0n) is 13.0. The molecule has 2 heterocycles. The van der Waals surface area contributed by atoms with Gasteiger partial charge in [-0.05, 0) is 12.0 Å². The van der Waals surface area contributed by atoms with Gasteiger partial charge in [0.2, 0.25) is 5.91 Å². The third-order valence-corrected chi connectivity index (χ3v) is 4.57. The van der Waals surface area contributed by atoms with Gasteiger partial charge < -0.3 is 4.90 Å². The van der Waals surface area contributed by atoms with Gasteiger partial charge in [-0.3, -0.25) is 19.9 Å². The number of amides is 3. The van der Waals surface area contributed by atoms with Crippen LogP contribution in [0.4, 0.5) is 4.79 Å². The Morgan fingerprint density at radius 1 is 1.18 bits per heavy atom. The van der Waals surface area contributed by atoms with E-state index in [9.17, 15) is 9.59 Å². The summed E-state index contributed by atoms with van der Waals surface area (Å²) in [6, 6.07) is 10.1. The van der Waals surface area contributed by atoms with E-state index in [4.69, 9.17) is 0 Å². The van der Waals surface area contributed by atoms with Crippen molar-refractivity contribution in [3.8, 4) is 0 Å². The Bertz CT molecular complexity index is 563. The van der Waals surface area contributed by atoms with Gasteiger partial charge in [0, 0.05) is 33.9 Å². The molecule has 0 aromatic heterocycles. The second-order valence-corrected chi connectivity index (χ2v) is 6.02. The van der Waals surface area contributed by atoms with Gasteiger partial charge in [0.15, 0.2) is 0 Å². The van der Waals surface area contributed by atoms with Crippen LogP contribution >= 0.6 is 0 Å². The van der Waals surface area contributed by atoms with E-state index in [-0.39, 0.29) is 24.0 Å². The fraction of sp³-hybridized carbons (Fsp3) is 0.500. The van der Waals surface area contributed by atoms with Gasteiger partial charge in [0.25, 0.3) is 0 Å². The van der Waals surface area contributed by atoms with Crippen LogP contribution in [0.5, 0.6) is 0 Å². The van der Waals surface area contributed by atoms with E-state index >= 15 is 0 Å². The molecule has 2 aliphatic heterocycles. The summed E-state index contributed by atoms with van der Waals surface area (Å²) in [6.07, 6.45) is 0.766. The predicted octanol–water partition coefficient (Wildman–Crippen LogP) is 0.558. The lowest BCUT2D eigenvalue weighted by atomic mass is 9.98. The SMILES string of the molecule is CN1C(=O)[C@H]2CN(CCc3ccccc3)CN[C@H]2N(C)C1=O. The molecule has 118 valence electrons. The average Bonchev–Trinajstić information content (AvgIpc) is 2.57. The Morgan fingerprint density at radius 3 is 2.64 bits per heavy atom. The quantitative estimate of drug-likeness (QED) is 0.886. The number of imide groups is 1. The van der Waals surface area contributed by atoms with Crippen LogP contribution in [0.1, 0.15) is 5.56 Å². The Labute approximate surface area is 130 Å². The number of nitrogens with zero attached hydrogens (tertiary/aromatic N) is 3. The summed E-state index contributed by atoms with van der Waals surface area (Å²) < 4.78 is 0. The summed E-state index contributed by atoms with van der Waals surface area (Å²) in [4.78, 5) is 29.4. The molecule has 6 nitrogen and oxygen atoms in total. The lowest BCUT2D eigenvalue weighted by Gasteiger charge is -2.47. The van der Waals surface area contributed by atoms with E-state index in [1.807, 2.05) is 18.2 Å². The molecule has 0 bridgehead atoms. The van der Waals surface area contributed by atoms with Gasteiger partial charge in [-0.25, -0.2) is 4.79 Å². The highest BCUT2D eigenvalue weighted by Gasteiger charge is 2.45. The maximum absolute atomic E-state index is 12.3. The first-order chi connectivity index (χ1) is 10.6. The number of urea groups is 1. The van der Waals surface area contributed by atoms with Crippen LogP contribution in [0.2, 0.25) is 0 Å². The molecule has 3 amide bonds. The second kappa shape index (κ2) is 6.06. The van der Waals surface area contributed by atoms with Crippen LogP contribution in [0.15, 0.2) is 30.3 Å². The van der Waals surface area contributed by atoms with Crippen LogP contribution < -0.4 is 5.32 Å². The molecule has 3 rings (SSSR count). The second-order valence-electron chi connectivity index (χ2n) is 6.02. The number of carbonyl (C=O) groups is 2. The van der Waals surface area contributed by atoms with E-state index in [1.54, 1.807) is 19.0 Å². The molecular weight excluding hydrogens is 280 g/mol. The smallest absolute Gasteiger partial charge is 0.311 e. The largest absolute Gasteiger partial charge is 0.327 e. The van der Waals surface area contributed by atoms with Gasteiger partial charge in [0.05, 0.1) is 12.1 Å². The molecular formula is C16H22N4O2. The zero-order chi connectivity index (χ0) is 15.7. The number of benzene rings is 1. The van der Waals surface area contributed by atoms with Crippen molar-refractivity contribution in [3.63, 3.8) is 0 Å². The fourth-order valence-electron chi connectivity index (χ4n) is 3.23. The van der Waals surface area contributed by atoms with Crippen molar-refractivity contribution in [2.75, 3.05) is 33.9 Å². The highest BCUT2D eigenvalue weighted by Crippen LogP contribution is 2.23. The van der Waals surface area contributed by atoms with Crippen molar-refractivity contribution in [2.24, 2.45) is 5.92 Å². The maximum Gasteiger partial charge on any atom is 0.327 e. The third-order valence-electron chi connectivity index (χ3n) is 4.57. The van der Waals surface area contributed by atoms with Gasteiger partial charge in [-0.2, -0.15) is 0 Å². The van der Waals surface area contributed by atoms with Crippen molar-refractivity contribution in [1.29, 1.82) is 0 Å². The fourth-order valence-corrected chi connectivity index (χ4v) is 3.23. The number of hydrogen-bond donors (Lipinski definition) is 1. The minimum absolute atomic E-state index is 0.0926. The first-order valence-corrected chi connectivity index (χ1v) is 7.62. The molecule has 2 fully saturated rings. The van der Waals surface area contributed by atoms with Gasteiger partial charge in [0.1, 0.15) is 0 Å². The number of hydrogen-bond acceptors (Lipinski definition) is 4. The summed E-state index contributed by atoms with van der Waals surface area (Å²) in [5.41, 5.74) is 1.30. The highest BCUT2D eigenvalue weighted by molar-refractivity contribution is 5.98. The maximum atomic E-state index is 12.3. The van der Waals surface area contributed by atoms with Crippen LogP contribution in [-0.2, 0) is 11.2 Å². The minimum Gasteiger partial charge on any atom is -0.311 e. The molecule has 1 aromatic carbocycles. The molecule has 2 atom stereocenters.